The number of carbonyl (C=O) groups excluding carboxylic acids is 1. The van der Waals surface area contributed by atoms with Crippen molar-refractivity contribution in [2.75, 3.05) is 19.7 Å². The zero-order valence-corrected chi connectivity index (χ0v) is 13.1. The third-order valence-electron chi connectivity index (χ3n) is 4.65. The molecule has 0 radical (unpaired) electrons. The van der Waals surface area contributed by atoms with E-state index in [0.29, 0.717) is 12.4 Å². The van der Waals surface area contributed by atoms with Crippen molar-refractivity contribution in [3.8, 4) is 5.75 Å². The maximum atomic E-state index is 12.8. The molecule has 3 N–H and O–H groups in total. The third kappa shape index (κ3) is 4.44. The predicted octanol–water partition coefficient (Wildman–Crippen LogP) is 2.48. The van der Waals surface area contributed by atoms with Crippen LogP contribution < -0.4 is 15.8 Å². The van der Waals surface area contributed by atoms with E-state index in [1.165, 1.54) is 12.1 Å². The first-order chi connectivity index (χ1) is 10.5. The van der Waals surface area contributed by atoms with Crippen LogP contribution in [0.25, 0.3) is 0 Å². The average Bonchev–Trinajstić information content (AvgIpc) is 2.49. The fourth-order valence-corrected chi connectivity index (χ4v) is 3.19. The Labute approximate surface area is 131 Å². The zero-order valence-electron chi connectivity index (χ0n) is 13.1. The minimum Gasteiger partial charge on any atom is -0.494 e. The molecule has 1 aliphatic rings. The van der Waals surface area contributed by atoms with Crippen molar-refractivity contribution in [3.05, 3.63) is 30.1 Å². The molecule has 1 heterocycles. The molecule has 0 bridgehead atoms. The van der Waals surface area contributed by atoms with Gasteiger partial charge in [0.1, 0.15) is 11.6 Å². The molecule has 2 rings (SSSR count). The zero-order chi connectivity index (χ0) is 16.0. The summed E-state index contributed by atoms with van der Waals surface area (Å²) in [4.78, 5) is 11.8. The van der Waals surface area contributed by atoms with Crippen LogP contribution in [0.3, 0.4) is 0 Å². The molecule has 5 heteroatoms. The van der Waals surface area contributed by atoms with E-state index >= 15 is 0 Å². The molecule has 1 atom stereocenters. The van der Waals surface area contributed by atoms with Crippen molar-refractivity contribution in [2.24, 2.45) is 17.1 Å². The van der Waals surface area contributed by atoms with Crippen LogP contribution in [-0.4, -0.2) is 25.6 Å². The van der Waals surface area contributed by atoms with Crippen LogP contribution in [0.15, 0.2) is 24.3 Å². The predicted molar refractivity (Wildman–Crippen MR) is 84.0 cm³/mol. The lowest BCUT2D eigenvalue weighted by Gasteiger charge is -2.39. The first-order valence-electron chi connectivity index (χ1n) is 7.90. The largest absolute Gasteiger partial charge is 0.494 e. The summed E-state index contributed by atoms with van der Waals surface area (Å²) in [5, 5.41) is 3.32. The van der Waals surface area contributed by atoms with Gasteiger partial charge in [-0.1, -0.05) is 6.92 Å². The van der Waals surface area contributed by atoms with Crippen molar-refractivity contribution in [1.29, 1.82) is 0 Å². The second kappa shape index (κ2) is 7.58. The summed E-state index contributed by atoms with van der Waals surface area (Å²) in [6.07, 6.45) is 3.43. The van der Waals surface area contributed by atoms with Crippen LogP contribution >= 0.6 is 0 Å². The van der Waals surface area contributed by atoms with Crippen LogP contribution in [0.2, 0.25) is 0 Å². The highest BCUT2D eigenvalue weighted by Crippen LogP contribution is 2.38. The first kappa shape index (κ1) is 16.7. The monoisotopic (exact) mass is 308 g/mol. The van der Waals surface area contributed by atoms with E-state index in [4.69, 9.17) is 10.5 Å². The molecule has 0 aromatic heterocycles. The van der Waals surface area contributed by atoms with Crippen molar-refractivity contribution in [3.63, 3.8) is 0 Å². The molecule has 1 amide bonds. The van der Waals surface area contributed by atoms with Gasteiger partial charge in [-0.25, -0.2) is 4.39 Å². The lowest BCUT2D eigenvalue weighted by atomic mass is 9.68. The number of primary amides is 1. The molecule has 1 fully saturated rings. The van der Waals surface area contributed by atoms with E-state index in [9.17, 15) is 9.18 Å². The second-order valence-corrected chi connectivity index (χ2v) is 6.30. The van der Waals surface area contributed by atoms with E-state index < -0.39 is 0 Å². The van der Waals surface area contributed by atoms with E-state index in [2.05, 4.69) is 12.2 Å². The van der Waals surface area contributed by atoms with Gasteiger partial charge in [-0.3, -0.25) is 4.79 Å². The van der Waals surface area contributed by atoms with Gasteiger partial charge in [-0.05, 0) is 68.5 Å². The summed E-state index contributed by atoms with van der Waals surface area (Å²) in [5.41, 5.74) is 5.60. The Bertz CT molecular complexity index is 484. The number of rotatable bonds is 7. The number of hydrogen-bond donors (Lipinski definition) is 2. The Balaban J connectivity index is 1.82. The molecule has 1 aromatic rings. The molecular weight excluding hydrogens is 283 g/mol. The van der Waals surface area contributed by atoms with Crippen LogP contribution in [0, 0.1) is 17.2 Å². The van der Waals surface area contributed by atoms with Gasteiger partial charge in [-0.2, -0.15) is 0 Å². The SMILES string of the molecule is CC1(C(CCCOc2ccc(F)cc2)C(N)=O)CCNCC1. The number of ether oxygens (including phenoxy) is 1. The number of hydrogen-bond acceptors (Lipinski definition) is 3. The molecular formula is C17H25FN2O2. The summed E-state index contributed by atoms with van der Waals surface area (Å²) in [7, 11) is 0. The van der Waals surface area contributed by atoms with E-state index in [1.807, 2.05) is 0 Å². The summed E-state index contributed by atoms with van der Waals surface area (Å²) in [5.74, 6) is 0.0303. The van der Waals surface area contributed by atoms with Gasteiger partial charge in [0.2, 0.25) is 5.91 Å². The molecule has 0 spiro atoms. The molecule has 122 valence electrons. The van der Waals surface area contributed by atoms with Crippen molar-refractivity contribution in [1.82, 2.24) is 5.32 Å². The topological polar surface area (TPSA) is 64.3 Å². The number of carbonyl (C=O) groups is 1. The van der Waals surface area contributed by atoms with Gasteiger partial charge in [0.15, 0.2) is 0 Å². The van der Waals surface area contributed by atoms with Crippen LogP contribution in [0.1, 0.15) is 32.6 Å². The molecule has 1 saturated heterocycles. The standard InChI is InChI=1S/C17H25FN2O2/c1-17(8-10-20-11-9-17)15(16(19)21)3-2-12-22-14-6-4-13(18)5-7-14/h4-7,15,20H,2-3,8-12H2,1H3,(H2,19,21). The Hall–Kier alpha value is -1.62. The summed E-state index contributed by atoms with van der Waals surface area (Å²) in [6, 6.07) is 5.96. The highest BCUT2D eigenvalue weighted by atomic mass is 19.1. The molecule has 4 nitrogen and oxygen atoms in total. The van der Waals surface area contributed by atoms with Crippen molar-refractivity contribution >= 4 is 5.91 Å². The number of piperidine rings is 1. The maximum absolute atomic E-state index is 12.8. The fraction of sp³-hybridized carbons (Fsp3) is 0.588. The third-order valence-corrected chi connectivity index (χ3v) is 4.65. The normalized spacial score (nSPS) is 18.6. The smallest absolute Gasteiger partial charge is 0.221 e. The number of benzene rings is 1. The highest BCUT2D eigenvalue weighted by Gasteiger charge is 2.38. The highest BCUT2D eigenvalue weighted by molar-refractivity contribution is 5.77. The van der Waals surface area contributed by atoms with E-state index in [0.717, 1.165) is 38.8 Å². The number of nitrogens with one attached hydrogen (secondary N) is 1. The number of amides is 1. The van der Waals surface area contributed by atoms with E-state index in [1.54, 1.807) is 12.1 Å². The molecule has 22 heavy (non-hydrogen) atoms. The Morgan fingerprint density at radius 2 is 2.00 bits per heavy atom. The Morgan fingerprint density at radius 3 is 2.59 bits per heavy atom. The molecule has 0 aliphatic carbocycles. The molecule has 1 aliphatic heterocycles. The van der Waals surface area contributed by atoms with Crippen LogP contribution in [0.5, 0.6) is 5.75 Å². The van der Waals surface area contributed by atoms with Crippen molar-refractivity contribution < 1.29 is 13.9 Å². The maximum Gasteiger partial charge on any atom is 0.221 e. The molecule has 0 saturated carbocycles. The summed E-state index contributed by atoms with van der Waals surface area (Å²) < 4.78 is 18.4. The molecule has 1 unspecified atom stereocenters. The van der Waals surface area contributed by atoms with Gasteiger partial charge >= 0.3 is 0 Å². The van der Waals surface area contributed by atoms with Gasteiger partial charge in [0.25, 0.3) is 0 Å². The first-order valence-corrected chi connectivity index (χ1v) is 7.90. The number of nitrogens with two attached hydrogens (primary N) is 1. The molecule has 1 aromatic carbocycles. The minimum atomic E-state index is -0.278. The minimum absolute atomic E-state index is 0.0209. The quantitative estimate of drug-likeness (QED) is 0.761. The Morgan fingerprint density at radius 1 is 1.36 bits per heavy atom. The lowest BCUT2D eigenvalue weighted by molar-refractivity contribution is -0.126. The van der Waals surface area contributed by atoms with E-state index in [-0.39, 0.29) is 23.1 Å². The van der Waals surface area contributed by atoms with Crippen LogP contribution in [0.4, 0.5) is 4.39 Å². The lowest BCUT2D eigenvalue weighted by Crippen LogP contribution is -2.44. The van der Waals surface area contributed by atoms with Gasteiger partial charge in [0, 0.05) is 5.92 Å². The fourth-order valence-electron chi connectivity index (χ4n) is 3.19. The van der Waals surface area contributed by atoms with Crippen LogP contribution in [-0.2, 0) is 4.79 Å². The number of halogens is 1. The summed E-state index contributed by atoms with van der Waals surface area (Å²) >= 11 is 0. The second-order valence-electron chi connectivity index (χ2n) is 6.30. The van der Waals surface area contributed by atoms with Gasteiger partial charge < -0.3 is 15.8 Å². The van der Waals surface area contributed by atoms with Gasteiger partial charge in [-0.15, -0.1) is 0 Å². The van der Waals surface area contributed by atoms with Crippen molar-refractivity contribution in [2.45, 2.75) is 32.6 Å². The summed E-state index contributed by atoms with van der Waals surface area (Å²) in [6.45, 7) is 4.53. The Kier molecular flexibility index (Phi) is 5.77. The average molecular weight is 308 g/mol. The van der Waals surface area contributed by atoms with Gasteiger partial charge in [0.05, 0.1) is 6.61 Å².